The fourth-order valence-electron chi connectivity index (χ4n) is 3.36. The average molecular weight is 361 g/mol. The van der Waals surface area contributed by atoms with Crippen LogP contribution in [-0.2, 0) is 16.0 Å². The van der Waals surface area contributed by atoms with Gasteiger partial charge in [0.25, 0.3) is 0 Å². The van der Waals surface area contributed by atoms with Gasteiger partial charge in [0.1, 0.15) is 5.82 Å². The Kier molecular flexibility index (Phi) is 6.61. The van der Waals surface area contributed by atoms with Gasteiger partial charge in [-0.3, -0.25) is 14.5 Å². The first-order valence-electron chi connectivity index (χ1n) is 9.62. The van der Waals surface area contributed by atoms with Crippen molar-refractivity contribution < 1.29 is 14.0 Å². The highest BCUT2D eigenvalue weighted by molar-refractivity contribution is 5.79. The number of nitrogens with one attached hydrogen (secondary N) is 2. The van der Waals surface area contributed by atoms with Crippen LogP contribution < -0.4 is 10.6 Å². The molecule has 1 saturated heterocycles. The van der Waals surface area contributed by atoms with Crippen molar-refractivity contribution in [3.8, 4) is 0 Å². The highest BCUT2D eigenvalue weighted by atomic mass is 19.1. The molecule has 142 valence electrons. The molecule has 26 heavy (non-hydrogen) atoms. The van der Waals surface area contributed by atoms with Crippen molar-refractivity contribution in [3.05, 3.63) is 35.6 Å². The van der Waals surface area contributed by atoms with Crippen molar-refractivity contribution in [2.45, 2.75) is 32.1 Å². The summed E-state index contributed by atoms with van der Waals surface area (Å²) in [6.45, 7) is 3.21. The minimum absolute atomic E-state index is 0.0126. The van der Waals surface area contributed by atoms with Gasteiger partial charge in [-0.05, 0) is 62.7 Å². The van der Waals surface area contributed by atoms with E-state index in [4.69, 9.17) is 0 Å². The van der Waals surface area contributed by atoms with E-state index in [1.807, 2.05) is 0 Å². The second-order valence-electron chi connectivity index (χ2n) is 7.43. The molecular weight excluding hydrogens is 333 g/mol. The lowest BCUT2D eigenvalue weighted by molar-refractivity contribution is -0.126. The van der Waals surface area contributed by atoms with E-state index in [1.54, 1.807) is 18.2 Å². The van der Waals surface area contributed by atoms with Crippen LogP contribution in [0, 0.1) is 17.7 Å². The molecule has 1 aliphatic carbocycles. The van der Waals surface area contributed by atoms with Crippen molar-refractivity contribution in [3.63, 3.8) is 0 Å². The Balaban J connectivity index is 1.31. The smallest absolute Gasteiger partial charge is 0.234 e. The van der Waals surface area contributed by atoms with E-state index in [0.717, 1.165) is 32.5 Å². The van der Waals surface area contributed by atoms with Gasteiger partial charge in [-0.1, -0.05) is 18.2 Å². The molecule has 2 amide bonds. The summed E-state index contributed by atoms with van der Waals surface area (Å²) in [6.07, 6.45) is 4.50. The van der Waals surface area contributed by atoms with Gasteiger partial charge in [0.05, 0.1) is 6.54 Å². The zero-order valence-corrected chi connectivity index (χ0v) is 15.2. The van der Waals surface area contributed by atoms with Crippen LogP contribution in [0.1, 0.15) is 31.2 Å². The lowest BCUT2D eigenvalue weighted by Crippen LogP contribution is -2.45. The van der Waals surface area contributed by atoms with Gasteiger partial charge in [-0.15, -0.1) is 0 Å². The Labute approximate surface area is 154 Å². The number of hydrogen-bond acceptors (Lipinski definition) is 3. The Morgan fingerprint density at radius 3 is 2.50 bits per heavy atom. The minimum Gasteiger partial charge on any atom is -0.356 e. The molecule has 6 heteroatoms. The predicted molar refractivity (Wildman–Crippen MR) is 98.0 cm³/mol. The quantitative estimate of drug-likeness (QED) is 0.741. The van der Waals surface area contributed by atoms with Gasteiger partial charge in [-0.2, -0.15) is 0 Å². The molecule has 2 fully saturated rings. The van der Waals surface area contributed by atoms with Crippen LogP contribution in [0.2, 0.25) is 0 Å². The normalized spacial score (nSPS) is 18.5. The van der Waals surface area contributed by atoms with Crippen molar-refractivity contribution in [2.75, 3.05) is 32.7 Å². The lowest BCUT2D eigenvalue weighted by Gasteiger charge is -2.30. The van der Waals surface area contributed by atoms with E-state index in [0.29, 0.717) is 31.0 Å². The maximum absolute atomic E-state index is 13.6. The lowest BCUT2D eigenvalue weighted by atomic mass is 9.96. The number of halogens is 1. The molecule has 1 aliphatic heterocycles. The van der Waals surface area contributed by atoms with Crippen LogP contribution in [-0.4, -0.2) is 49.4 Å². The van der Waals surface area contributed by atoms with Gasteiger partial charge in [0.2, 0.25) is 11.8 Å². The average Bonchev–Trinajstić information content (AvgIpc) is 3.47. The number of benzene rings is 1. The third-order valence-electron chi connectivity index (χ3n) is 5.26. The molecule has 5 nitrogen and oxygen atoms in total. The Morgan fingerprint density at radius 1 is 1.08 bits per heavy atom. The largest absolute Gasteiger partial charge is 0.356 e. The van der Waals surface area contributed by atoms with Gasteiger partial charge >= 0.3 is 0 Å². The first-order valence-corrected chi connectivity index (χ1v) is 9.62. The molecule has 0 spiro atoms. The van der Waals surface area contributed by atoms with Crippen molar-refractivity contribution in [1.82, 2.24) is 15.5 Å². The van der Waals surface area contributed by atoms with Crippen LogP contribution in [0.5, 0.6) is 0 Å². The molecule has 0 aromatic heterocycles. The molecule has 2 N–H and O–H groups in total. The zero-order chi connectivity index (χ0) is 18.4. The van der Waals surface area contributed by atoms with E-state index in [-0.39, 0.29) is 23.5 Å². The third-order valence-corrected chi connectivity index (χ3v) is 5.26. The van der Waals surface area contributed by atoms with Gasteiger partial charge in [-0.25, -0.2) is 4.39 Å². The number of rotatable bonds is 8. The van der Waals surface area contributed by atoms with Crippen LogP contribution in [0.15, 0.2) is 24.3 Å². The molecule has 2 aliphatic rings. The topological polar surface area (TPSA) is 61.4 Å². The molecule has 1 aromatic rings. The Bertz CT molecular complexity index is 625. The standard InChI is InChI=1S/C20H28FN3O2/c21-18-4-2-1-3-16(18)7-10-22-20(26)17-8-11-24(12-9-17)14-19(25)23-13-15-5-6-15/h1-4,15,17H,5-14H2,(H,22,26)(H,23,25). The van der Waals surface area contributed by atoms with Gasteiger partial charge in [0.15, 0.2) is 0 Å². The molecule has 0 unspecified atom stereocenters. The molecule has 1 saturated carbocycles. The van der Waals surface area contributed by atoms with E-state index >= 15 is 0 Å². The first-order chi connectivity index (χ1) is 12.6. The second-order valence-corrected chi connectivity index (χ2v) is 7.43. The molecule has 1 aromatic carbocycles. The van der Waals surface area contributed by atoms with Crippen molar-refractivity contribution in [2.24, 2.45) is 11.8 Å². The summed E-state index contributed by atoms with van der Waals surface area (Å²) in [6, 6.07) is 6.65. The number of piperidine rings is 1. The summed E-state index contributed by atoms with van der Waals surface area (Å²) in [5.41, 5.74) is 0.625. The van der Waals surface area contributed by atoms with E-state index < -0.39 is 0 Å². The first kappa shape index (κ1) is 18.8. The monoisotopic (exact) mass is 361 g/mol. The molecule has 0 radical (unpaired) electrons. The molecule has 1 heterocycles. The van der Waals surface area contributed by atoms with Crippen molar-refractivity contribution >= 4 is 11.8 Å². The van der Waals surface area contributed by atoms with Crippen LogP contribution in [0.25, 0.3) is 0 Å². The molecule has 0 atom stereocenters. The fourth-order valence-corrected chi connectivity index (χ4v) is 3.36. The maximum Gasteiger partial charge on any atom is 0.234 e. The molecule has 3 rings (SSSR count). The second kappa shape index (κ2) is 9.12. The van der Waals surface area contributed by atoms with Crippen LogP contribution in [0.3, 0.4) is 0 Å². The minimum atomic E-state index is -0.227. The van der Waals surface area contributed by atoms with Crippen molar-refractivity contribution in [1.29, 1.82) is 0 Å². The highest BCUT2D eigenvalue weighted by Gasteiger charge is 2.26. The van der Waals surface area contributed by atoms with E-state index in [2.05, 4.69) is 15.5 Å². The summed E-state index contributed by atoms with van der Waals surface area (Å²) >= 11 is 0. The highest BCUT2D eigenvalue weighted by Crippen LogP contribution is 2.27. The molecular formula is C20H28FN3O2. The summed E-state index contributed by atoms with van der Waals surface area (Å²) in [5.74, 6) is 0.582. The SMILES string of the molecule is O=C(CN1CCC(C(=O)NCCc2ccccc2F)CC1)NCC1CC1. The number of likely N-dealkylation sites (tertiary alicyclic amines) is 1. The zero-order valence-electron chi connectivity index (χ0n) is 15.2. The molecule has 0 bridgehead atoms. The third kappa shape index (κ3) is 5.80. The van der Waals surface area contributed by atoms with E-state index in [9.17, 15) is 14.0 Å². The van der Waals surface area contributed by atoms with Crippen LogP contribution in [0.4, 0.5) is 4.39 Å². The fraction of sp³-hybridized carbons (Fsp3) is 0.600. The number of amides is 2. The Hall–Kier alpha value is -1.95. The summed E-state index contributed by atoms with van der Waals surface area (Å²) < 4.78 is 13.6. The number of carbonyl (C=O) groups is 2. The Morgan fingerprint density at radius 2 is 1.81 bits per heavy atom. The summed E-state index contributed by atoms with van der Waals surface area (Å²) in [7, 11) is 0. The number of hydrogen-bond donors (Lipinski definition) is 2. The number of carbonyl (C=O) groups excluding carboxylic acids is 2. The summed E-state index contributed by atoms with van der Waals surface area (Å²) in [5, 5.41) is 5.90. The maximum atomic E-state index is 13.6. The number of nitrogens with zero attached hydrogens (tertiary/aromatic N) is 1. The summed E-state index contributed by atoms with van der Waals surface area (Å²) in [4.78, 5) is 26.3. The van der Waals surface area contributed by atoms with E-state index in [1.165, 1.54) is 18.9 Å². The van der Waals surface area contributed by atoms with Crippen LogP contribution >= 0.6 is 0 Å². The predicted octanol–water partition coefficient (Wildman–Crippen LogP) is 1.72. The van der Waals surface area contributed by atoms with Gasteiger partial charge in [0, 0.05) is 19.0 Å². The van der Waals surface area contributed by atoms with Gasteiger partial charge < -0.3 is 10.6 Å².